The average Bonchev–Trinajstić information content (AvgIpc) is 2.34. The summed E-state index contributed by atoms with van der Waals surface area (Å²) in [6.07, 6.45) is -1.53. The summed E-state index contributed by atoms with van der Waals surface area (Å²) in [6, 6.07) is 1.48. The van der Waals surface area contributed by atoms with Gasteiger partial charge in [-0.25, -0.2) is 4.79 Å². The zero-order valence-electron chi connectivity index (χ0n) is 5.90. The molecule has 11 heavy (non-hydrogen) atoms. The molecule has 0 spiro atoms. The quantitative estimate of drug-likeness (QED) is 0.555. The largest absolute Gasteiger partial charge is 0.479 e. The molecule has 1 atom stereocenters. The van der Waals surface area contributed by atoms with Crippen molar-refractivity contribution in [2.45, 2.75) is 13.0 Å². The van der Waals surface area contributed by atoms with Crippen LogP contribution in [0.5, 0.6) is 0 Å². The Bertz CT molecular complexity index is 269. The lowest BCUT2D eigenvalue weighted by Crippen LogP contribution is -2.10. The van der Waals surface area contributed by atoms with E-state index in [9.17, 15) is 4.79 Å². The number of carboxylic acids is 1. The minimum Gasteiger partial charge on any atom is -0.479 e. The summed E-state index contributed by atoms with van der Waals surface area (Å²) < 4.78 is 0. The molecule has 1 aromatic heterocycles. The number of aromatic amines is 1. The van der Waals surface area contributed by atoms with E-state index in [4.69, 9.17) is 10.2 Å². The van der Waals surface area contributed by atoms with Crippen molar-refractivity contribution in [1.29, 1.82) is 0 Å². The first kappa shape index (κ1) is 7.74. The number of nitrogens with zero attached hydrogens (tertiary/aromatic N) is 1. The van der Waals surface area contributed by atoms with Crippen LogP contribution in [0.1, 0.15) is 17.5 Å². The average molecular weight is 156 g/mol. The van der Waals surface area contributed by atoms with E-state index >= 15 is 0 Å². The number of carbonyl (C=O) groups is 1. The Labute approximate surface area is 62.7 Å². The fourth-order valence-electron chi connectivity index (χ4n) is 0.706. The Kier molecular flexibility index (Phi) is 1.91. The SMILES string of the molecule is Cc1cc(C(O)C(=O)O)n[nH]1. The van der Waals surface area contributed by atoms with Gasteiger partial charge in [0.15, 0.2) is 6.10 Å². The van der Waals surface area contributed by atoms with Crippen LogP contribution < -0.4 is 0 Å². The fourth-order valence-corrected chi connectivity index (χ4v) is 0.706. The number of aliphatic carboxylic acids is 1. The first-order valence-corrected chi connectivity index (χ1v) is 3.04. The number of hydrogen-bond donors (Lipinski definition) is 3. The first-order chi connectivity index (χ1) is 5.11. The summed E-state index contributed by atoms with van der Waals surface area (Å²) >= 11 is 0. The zero-order valence-corrected chi connectivity index (χ0v) is 5.90. The van der Waals surface area contributed by atoms with Gasteiger partial charge in [0.25, 0.3) is 0 Å². The number of rotatable bonds is 2. The summed E-state index contributed by atoms with van der Waals surface area (Å²) in [7, 11) is 0. The van der Waals surface area contributed by atoms with Gasteiger partial charge in [0.05, 0.1) is 0 Å². The number of carboxylic acid groups (broad SMARTS) is 1. The van der Waals surface area contributed by atoms with Crippen LogP contribution in [0.4, 0.5) is 0 Å². The Morgan fingerprint density at radius 3 is 2.82 bits per heavy atom. The van der Waals surface area contributed by atoms with Crippen molar-refractivity contribution in [3.05, 3.63) is 17.5 Å². The molecule has 5 nitrogen and oxygen atoms in total. The molecule has 3 N–H and O–H groups in total. The van der Waals surface area contributed by atoms with Crippen LogP contribution in [0, 0.1) is 6.92 Å². The highest BCUT2D eigenvalue weighted by atomic mass is 16.4. The molecule has 0 aromatic carbocycles. The molecule has 0 fully saturated rings. The third-order valence-electron chi connectivity index (χ3n) is 1.24. The lowest BCUT2D eigenvalue weighted by atomic mass is 10.2. The van der Waals surface area contributed by atoms with Gasteiger partial charge in [-0.1, -0.05) is 0 Å². The molecule has 0 aliphatic heterocycles. The van der Waals surface area contributed by atoms with E-state index in [0.29, 0.717) is 0 Å². The van der Waals surface area contributed by atoms with Crippen LogP contribution in [0.3, 0.4) is 0 Å². The van der Waals surface area contributed by atoms with Crippen molar-refractivity contribution in [1.82, 2.24) is 10.2 Å². The highest BCUT2D eigenvalue weighted by Crippen LogP contribution is 2.09. The summed E-state index contributed by atoms with van der Waals surface area (Å²) in [6.45, 7) is 1.73. The van der Waals surface area contributed by atoms with Crippen molar-refractivity contribution >= 4 is 5.97 Å². The minimum absolute atomic E-state index is 0.134. The minimum atomic E-state index is -1.53. The van der Waals surface area contributed by atoms with E-state index in [1.165, 1.54) is 6.07 Å². The number of aryl methyl sites for hydroxylation is 1. The highest BCUT2D eigenvalue weighted by molar-refractivity contribution is 5.73. The van der Waals surface area contributed by atoms with E-state index in [1.807, 2.05) is 0 Å². The maximum atomic E-state index is 10.2. The first-order valence-electron chi connectivity index (χ1n) is 3.04. The van der Waals surface area contributed by atoms with Crippen LogP contribution in [-0.4, -0.2) is 26.4 Å². The van der Waals surface area contributed by atoms with Gasteiger partial charge >= 0.3 is 5.97 Å². The summed E-state index contributed by atoms with van der Waals surface area (Å²) in [5, 5.41) is 23.4. The molecular formula is C6H8N2O3. The topological polar surface area (TPSA) is 86.2 Å². The fraction of sp³-hybridized carbons (Fsp3) is 0.333. The summed E-state index contributed by atoms with van der Waals surface area (Å²) in [4.78, 5) is 10.2. The Morgan fingerprint density at radius 2 is 2.45 bits per heavy atom. The second kappa shape index (κ2) is 2.71. The van der Waals surface area contributed by atoms with Crippen LogP contribution in [0.2, 0.25) is 0 Å². The molecular weight excluding hydrogens is 148 g/mol. The number of hydrogen-bond acceptors (Lipinski definition) is 3. The lowest BCUT2D eigenvalue weighted by molar-refractivity contribution is -0.147. The molecule has 0 aliphatic carbocycles. The third-order valence-corrected chi connectivity index (χ3v) is 1.24. The van der Waals surface area contributed by atoms with Crippen LogP contribution >= 0.6 is 0 Å². The van der Waals surface area contributed by atoms with Crippen LogP contribution in [0.15, 0.2) is 6.07 Å². The van der Waals surface area contributed by atoms with Gasteiger partial charge in [-0.2, -0.15) is 5.10 Å². The maximum Gasteiger partial charge on any atom is 0.338 e. The standard InChI is InChI=1S/C6H8N2O3/c1-3-2-4(8-7-3)5(9)6(10)11/h2,5,9H,1H3,(H,7,8)(H,10,11). The number of nitrogens with one attached hydrogen (secondary N) is 1. The Morgan fingerprint density at radius 1 is 1.82 bits per heavy atom. The van der Waals surface area contributed by atoms with E-state index in [0.717, 1.165) is 5.69 Å². The molecule has 0 amide bonds. The van der Waals surface area contributed by atoms with E-state index in [-0.39, 0.29) is 5.69 Å². The molecule has 0 radical (unpaired) electrons. The van der Waals surface area contributed by atoms with Gasteiger partial charge in [0.1, 0.15) is 5.69 Å². The molecule has 0 bridgehead atoms. The van der Waals surface area contributed by atoms with Crippen molar-refractivity contribution in [3.8, 4) is 0 Å². The van der Waals surface area contributed by atoms with Crippen LogP contribution in [0.25, 0.3) is 0 Å². The Balaban J connectivity index is 2.84. The number of H-pyrrole nitrogens is 1. The molecule has 60 valence electrons. The molecule has 0 saturated carbocycles. The molecule has 0 saturated heterocycles. The molecule has 1 rings (SSSR count). The third kappa shape index (κ3) is 1.56. The monoisotopic (exact) mass is 156 g/mol. The van der Waals surface area contributed by atoms with Gasteiger partial charge in [0, 0.05) is 5.69 Å². The zero-order chi connectivity index (χ0) is 8.43. The lowest BCUT2D eigenvalue weighted by Gasteiger charge is -1.97. The van der Waals surface area contributed by atoms with Gasteiger partial charge in [-0.3, -0.25) is 5.10 Å². The highest BCUT2D eigenvalue weighted by Gasteiger charge is 2.17. The van der Waals surface area contributed by atoms with Gasteiger partial charge in [-0.05, 0) is 13.0 Å². The Hall–Kier alpha value is -1.36. The van der Waals surface area contributed by atoms with E-state index in [1.54, 1.807) is 6.92 Å². The predicted molar refractivity (Wildman–Crippen MR) is 35.9 cm³/mol. The van der Waals surface area contributed by atoms with E-state index in [2.05, 4.69) is 10.2 Å². The van der Waals surface area contributed by atoms with Crippen molar-refractivity contribution in [3.63, 3.8) is 0 Å². The van der Waals surface area contributed by atoms with Gasteiger partial charge < -0.3 is 10.2 Å². The van der Waals surface area contributed by atoms with Gasteiger partial charge in [-0.15, -0.1) is 0 Å². The summed E-state index contributed by atoms with van der Waals surface area (Å²) in [5.41, 5.74) is 0.857. The van der Waals surface area contributed by atoms with E-state index < -0.39 is 12.1 Å². The van der Waals surface area contributed by atoms with Crippen molar-refractivity contribution < 1.29 is 15.0 Å². The van der Waals surface area contributed by atoms with Crippen molar-refractivity contribution in [2.24, 2.45) is 0 Å². The maximum absolute atomic E-state index is 10.2. The second-order valence-corrected chi connectivity index (χ2v) is 2.22. The predicted octanol–water partition coefficient (Wildman–Crippen LogP) is -0.164. The van der Waals surface area contributed by atoms with Crippen LogP contribution in [-0.2, 0) is 4.79 Å². The number of aliphatic hydroxyl groups excluding tert-OH is 1. The molecule has 0 aliphatic rings. The van der Waals surface area contributed by atoms with Gasteiger partial charge in [0.2, 0.25) is 0 Å². The normalized spacial score (nSPS) is 12.9. The van der Waals surface area contributed by atoms with Crippen molar-refractivity contribution in [2.75, 3.05) is 0 Å². The number of aromatic nitrogens is 2. The molecule has 5 heteroatoms. The molecule has 1 heterocycles. The smallest absolute Gasteiger partial charge is 0.338 e. The second-order valence-electron chi connectivity index (χ2n) is 2.22. The molecule has 1 unspecified atom stereocenters. The number of aliphatic hydroxyl groups is 1. The molecule has 1 aromatic rings. The summed E-state index contributed by atoms with van der Waals surface area (Å²) in [5.74, 6) is -1.29.